The number of likely N-dealkylation sites (N-methyl/N-ethyl adjacent to an activating group) is 1. The van der Waals surface area contributed by atoms with Crippen LogP contribution in [0.15, 0.2) is 72.8 Å². The summed E-state index contributed by atoms with van der Waals surface area (Å²) in [7, 11) is 2.09. The largest absolute Gasteiger partial charge is 0.463 e. The molecule has 244 valence electrons. The number of ether oxygens (including phenoxy) is 1. The zero-order valence-corrected chi connectivity index (χ0v) is 30.8. The van der Waals surface area contributed by atoms with Gasteiger partial charge in [-0.25, -0.2) is 4.90 Å². The van der Waals surface area contributed by atoms with Gasteiger partial charge in [0.1, 0.15) is 5.75 Å². The first-order chi connectivity index (χ1) is 23.4. The normalized spacial score (nSPS) is 19.6. The van der Waals surface area contributed by atoms with Crippen molar-refractivity contribution in [1.82, 2.24) is 0 Å². The first-order valence-corrected chi connectivity index (χ1v) is 18.8. The minimum absolute atomic E-state index is 0.275. The van der Waals surface area contributed by atoms with Crippen LogP contribution in [0.4, 0.5) is 11.4 Å². The van der Waals surface area contributed by atoms with Gasteiger partial charge < -0.3 is 9.64 Å². The quantitative estimate of drug-likeness (QED) is 0.173. The van der Waals surface area contributed by atoms with Gasteiger partial charge in [-0.2, -0.15) is 0 Å². The molecule has 49 heavy (non-hydrogen) atoms. The van der Waals surface area contributed by atoms with E-state index >= 15 is 0 Å². The summed E-state index contributed by atoms with van der Waals surface area (Å²) >= 11 is 5.06. The third-order valence-electron chi connectivity index (χ3n) is 10.6. The van der Waals surface area contributed by atoms with Crippen molar-refractivity contribution in [3.8, 4) is 5.75 Å². The van der Waals surface area contributed by atoms with E-state index in [0.29, 0.717) is 16.8 Å². The summed E-state index contributed by atoms with van der Waals surface area (Å²) < 4.78 is 8.15. The van der Waals surface area contributed by atoms with E-state index in [4.69, 9.17) is 4.74 Å². The maximum Gasteiger partial charge on any atom is 0.266 e. The Morgan fingerprint density at radius 2 is 1.39 bits per heavy atom. The average Bonchev–Trinajstić information content (AvgIpc) is 3.82. The second-order valence-corrected chi connectivity index (χ2v) is 17.8. The van der Waals surface area contributed by atoms with E-state index in [-0.39, 0.29) is 11.8 Å². The lowest BCUT2D eigenvalue weighted by atomic mass is 9.80. The number of anilines is 2. The highest BCUT2D eigenvalue weighted by molar-refractivity contribution is 7.20. The number of carbonyl (C=O) groups is 2. The Morgan fingerprint density at radius 3 is 2.02 bits per heavy atom. The SMILES string of the molecule is Cc1cc(C2=C(c3cc(C)sc3C)C(=O)N(c3ccc4sc5c(c4c3)N(C)C3(C=Cc4c(ccc6ccccc46)O3)C5(C)C)C2=O)c(C)s1. The van der Waals surface area contributed by atoms with Gasteiger partial charge in [0.05, 0.1) is 27.9 Å². The van der Waals surface area contributed by atoms with Crippen LogP contribution in [-0.2, 0) is 15.0 Å². The minimum atomic E-state index is -0.752. The standard InChI is InChI=1S/C41H34N2O3S3/c1-21-18-29(23(3)47-21)34-35(30-19-22(2)48-24(30)4)39(45)43(38(34)44)26-13-15-33-31(20-26)36-37(49-33)40(5,6)41(42(36)7)17-16-28-27-11-9-8-10-25(27)12-14-32(28)46-41/h8-20H,1-7H3. The second-order valence-electron chi connectivity index (χ2n) is 13.8. The summed E-state index contributed by atoms with van der Waals surface area (Å²) in [5.74, 6) is 0.310. The van der Waals surface area contributed by atoms with Crippen LogP contribution in [0.25, 0.3) is 38.1 Å². The molecule has 3 aromatic carbocycles. The molecule has 3 aliphatic rings. The van der Waals surface area contributed by atoms with Gasteiger partial charge in [-0.05, 0) is 101 Å². The lowest BCUT2D eigenvalue weighted by molar-refractivity contribution is -0.119. The van der Waals surface area contributed by atoms with Crippen molar-refractivity contribution < 1.29 is 14.3 Å². The second kappa shape index (κ2) is 10.3. The Hall–Kier alpha value is -4.50. The van der Waals surface area contributed by atoms with Gasteiger partial charge in [0, 0.05) is 58.2 Å². The van der Waals surface area contributed by atoms with Crippen molar-refractivity contribution in [3.63, 3.8) is 0 Å². The van der Waals surface area contributed by atoms with Crippen LogP contribution in [0.5, 0.6) is 5.75 Å². The average molecular weight is 699 g/mol. The van der Waals surface area contributed by atoms with Crippen LogP contribution in [0.1, 0.15) is 54.9 Å². The smallest absolute Gasteiger partial charge is 0.266 e. The maximum absolute atomic E-state index is 14.5. The number of hydrogen-bond donors (Lipinski definition) is 0. The van der Waals surface area contributed by atoms with Crippen molar-refractivity contribution in [3.05, 3.63) is 114 Å². The first-order valence-electron chi connectivity index (χ1n) is 16.4. The van der Waals surface area contributed by atoms with Gasteiger partial charge in [0.2, 0.25) is 5.72 Å². The number of benzene rings is 3. The van der Waals surface area contributed by atoms with Crippen molar-refractivity contribution in [2.45, 2.75) is 52.7 Å². The highest BCUT2D eigenvalue weighted by Gasteiger charge is 2.59. The van der Waals surface area contributed by atoms with E-state index in [1.54, 1.807) is 34.0 Å². The van der Waals surface area contributed by atoms with Gasteiger partial charge in [-0.1, -0.05) is 30.3 Å². The monoisotopic (exact) mass is 698 g/mol. The summed E-state index contributed by atoms with van der Waals surface area (Å²) in [5, 5.41) is 3.36. The molecule has 2 amide bonds. The van der Waals surface area contributed by atoms with E-state index in [9.17, 15) is 9.59 Å². The van der Waals surface area contributed by atoms with Crippen LogP contribution >= 0.6 is 34.0 Å². The van der Waals surface area contributed by atoms with E-state index < -0.39 is 11.1 Å². The van der Waals surface area contributed by atoms with Gasteiger partial charge in [0.25, 0.3) is 11.8 Å². The number of thiophene rings is 3. The van der Waals surface area contributed by atoms with Crippen LogP contribution < -0.4 is 14.5 Å². The Balaban J connectivity index is 1.16. The molecule has 0 bridgehead atoms. The van der Waals surface area contributed by atoms with Crippen molar-refractivity contribution in [2.75, 3.05) is 16.8 Å². The highest BCUT2D eigenvalue weighted by Crippen LogP contribution is 2.60. The fraction of sp³-hybridized carbons (Fsp3) is 0.220. The number of amides is 2. The fourth-order valence-corrected chi connectivity index (χ4v) is 11.4. The molecule has 3 aliphatic heterocycles. The number of hydrogen-bond acceptors (Lipinski definition) is 7. The number of nitrogens with zero attached hydrogens (tertiary/aromatic N) is 2. The molecular formula is C41H34N2O3S3. The summed E-state index contributed by atoms with van der Waals surface area (Å²) in [5.41, 5.74) is 4.26. The fourth-order valence-electron chi connectivity index (χ4n) is 8.19. The van der Waals surface area contributed by atoms with Crippen LogP contribution in [0, 0.1) is 27.7 Å². The maximum atomic E-state index is 14.5. The van der Waals surface area contributed by atoms with Crippen molar-refractivity contribution >= 4 is 95.3 Å². The van der Waals surface area contributed by atoms with Gasteiger partial charge in [-0.15, -0.1) is 34.0 Å². The molecule has 5 nitrogen and oxygen atoms in total. The molecule has 6 heterocycles. The molecule has 3 aromatic heterocycles. The molecule has 0 saturated heterocycles. The van der Waals surface area contributed by atoms with E-state index in [2.05, 4.69) is 80.4 Å². The summed E-state index contributed by atoms with van der Waals surface area (Å²) in [4.78, 5) is 38.2. The molecule has 9 rings (SSSR count). The van der Waals surface area contributed by atoms with Crippen LogP contribution in [0.2, 0.25) is 0 Å². The molecule has 0 radical (unpaired) electrons. The Labute approximate surface area is 297 Å². The third-order valence-corrected chi connectivity index (χ3v) is 14.0. The Kier molecular flexibility index (Phi) is 6.40. The molecule has 0 saturated carbocycles. The number of carbonyl (C=O) groups excluding carboxylic acids is 2. The summed E-state index contributed by atoms with van der Waals surface area (Å²) in [6.45, 7) is 12.6. The molecule has 1 unspecified atom stereocenters. The minimum Gasteiger partial charge on any atom is -0.463 e. The Bertz CT molecular complexity index is 2460. The first kappa shape index (κ1) is 30.6. The number of aryl methyl sites for hydroxylation is 4. The molecule has 8 heteroatoms. The van der Waals surface area contributed by atoms with Gasteiger partial charge >= 0.3 is 0 Å². The lowest BCUT2D eigenvalue weighted by Gasteiger charge is -2.46. The lowest BCUT2D eigenvalue weighted by Crippen LogP contribution is -2.58. The van der Waals surface area contributed by atoms with E-state index in [1.165, 1.54) is 20.5 Å². The molecule has 0 N–H and O–H groups in total. The predicted molar refractivity (Wildman–Crippen MR) is 206 cm³/mol. The number of imide groups is 1. The molecule has 0 fully saturated rings. The van der Waals surface area contributed by atoms with Crippen LogP contribution in [0.3, 0.4) is 0 Å². The zero-order chi connectivity index (χ0) is 34.1. The van der Waals surface area contributed by atoms with Gasteiger partial charge in [-0.3, -0.25) is 9.59 Å². The number of fused-ring (bicyclic) bond motifs is 6. The summed E-state index contributed by atoms with van der Waals surface area (Å²) in [6.07, 6.45) is 4.42. The third kappa shape index (κ3) is 4.02. The van der Waals surface area contributed by atoms with E-state index in [0.717, 1.165) is 57.7 Å². The molecule has 0 aliphatic carbocycles. The summed E-state index contributed by atoms with van der Waals surface area (Å²) in [6, 6.07) is 22.7. The molecule has 1 atom stereocenters. The molecule has 6 aromatic rings. The topological polar surface area (TPSA) is 49.9 Å². The predicted octanol–water partition coefficient (Wildman–Crippen LogP) is 10.4. The Morgan fingerprint density at radius 1 is 0.735 bits per heavy atom. The van der Waals surface area contributed by atoms with Crippen LogP contribution in [-0.4, -0.2) is 24.6 Å². The zero-order valence-electron chi connectivity index (χ0n) is 28.3. The van der Waals surface area contributed by atoms with Gasteiger partial charge in [0.15, 0.2) is 0 Å². The molecule has 1 spiro atoms. The van der Waals surface area contributed by atoms with Crippen molar-refractivity contribution in [2.24, 2.45) is 0 Å². The number of rotatable bonds is 3. The highest BCUT2D eigenvalue weighted by atomic mass is 32.1. The van der Waals surface area contributed by atoms with E-state index in [1.807, 2.05) is 52.0 Å². The molecular weight excluding hydrogens is 665 g/mol. The van der Waals surface area contributed by atoms with Crippen molar-refractivity contribution in [1.29, 1.82) is 0 Å².